The Morgan fingerprint density at radius 1 is 1.25 bits per heavy atom. The normalized spacial score (nSPS) is 30.4. The van der Waals surface area contributed by atoms with Crippen molar-refractivity contribution < 1.29 is 4.74 Å². The van der Waals surface area contributed by atoms with Gasteiger partial charge in [0.05, 0.1) is 6.10 Å². The van der Waals surface area contributed by atoms with E-state index in [-0.39, 0.29) is 24.0 Å². The fourth-order valence-electron chi connectivity index (χ4n) is 5.03. The number of nitrogens with one attached hydrogen (secondary N) is 2. The van der Waals surface area contributed by atoms with Gasteiger partial charge < -0.3 is 15.4 Å². The molecule has 0 radical (unpaired) electrons. The fourth-order valence-corrected chi connectivity index (χ4v) is 5.03. The lowest BCUT2D eigenvalue weighted by molar-refractivity contribution is -0.125. The molecule has 5 heteroatoms. The zero-order valence-electron chi connectivity index (χ0n) is 14.3. The standard InChI is InChI=1S/C19H27N3O.HI/c1-20-18(21-13-14-7-3-2-4-8-14)22-16-15-9-12-23-17(15)19(16)10-5-6-11-19;/h2-4,7-8,15-17H,5-6,9-13H2,1H3,(H2,20,21,22);1H. The van der Waals surface area contributed by atoms with Crippen molar-refractivity contribution in [3.05, 3.63) is 35.9 Å². The van der Waals surface area contributed by atoms with Crippen molar-refractivity contribution in [2.75, 3.05) is 13.7 Å². The van der Waals surface area contributed by atoms with Crippen LogP contribution in [0.25, 0.3) is 0 Å². The molecule has 0 bridgehead atoms. The quantitative estimate of drug-likeness (QED) is 0.430. The van der Waals surface area contributed by atoms with Gasteiger partial charge in [0.2, 0.25) is 0 Å². The molecule has 1 spiro atoms. The second kappa shape index (κ2) is 7.60. The van der Waals surface area contributed by atoms with Gasteiger partial charge in [-0.15, -0.1) is 24.0 Å². The SMILES string of the molecule is CN=C(NCc1ccccc1)NC1C2CCOC2C12CCCC2.I. The molecule has 2 aliphatic carbocycles. The van der Waals surface area contributed by atoms with Gasteiger partial charge in [0.25, 0.3) is 0 Å². The molecule has 0 aromatic heterocycles. The molecule has 0 amide bonds. The number of halogens is 1. The molecule has 132 valence electrons. The van der Waals surface area contributed by atoms with Gasteiger partial charge >= 0.3 is 0 Å². The minimum Gasteiger partial charge on any atom is -0.377 e. The molecule has 1 aromatic carbocycles. The van der Waals surface area contributed by atoms with Crippen LogP contribution in [-0.2, 0) is 11.3 Å². The Morgan fingerprint density at radius 3 is 2.71 bits per heavy atom. The van der Waals surface area contributed by atoms with Crippen molar-refractivity contribution in [3.63, 3.8) is 0 Å². The van der Waals surface area contributed by atoms with E-state index in [1.54, 1.807) is 0 Å². The summed E-state index contributed by atoms with van der Waals surface area (Å²) in [5.74, 6) is 1.60. The first kappa shape index (κ1) is 18.0. The number of benzene rings is 1. The third kappa shape index (κ3) is 3.05. The number of ether oxygens (including phenoxy) is 1. The summed E-state index contributed by atoms with van der Waals surface area (Å²) in [5.41, 5.74) is 1.65. The van der Waals surface area contributed by atoms with E-state index >= 15 is 0 Å². The Balaban J connectivity index is 0.00000169. The Hall–Kier alpha value is -0.820. The van der Waals surface area contributed by atoms with Gasteiger partial charge in [0.1, 0.15) is 0 Å². The topological polar surface area (TPSA) is 45.7 Å². The van der Waals surface area contributed by atoms with Crippen molar-refractivity contribution >= 4 is 29.9 Å². The lowest BCUT2D eigenvalue weighted by atomic mass is 9.54. The Morgan fingerprint density at radius 2 is 2.00 bits per heavy atom. The van der Waals surface area contributed by atoms with Gasteiger partial charge in [-0.1, -0.05) is 43.2 Å². The number of guanidine groups is 1. The highest BCUT2D eigenvalue weighted by Crippen LogP contribution is 2.60. The van der Waals surface area contributed by atoms with Crippen LogP contribution in [0, 0.1) is 11.3 Å². The smallest absolute Gasteiger partial charge is 0.191 e. The van der Waals surface area contributed by atoms with Crippen molar-refractivity contribution in [2.24, 2.45) is 16.3 Å². The van der Waals surface area contributed by atoms with E-state index in [4.69, 9.17) is 4.74 Å². The predicted molar refractivity (Wildman–Crippen MR) is 108 cm³/mol. The average molecular weight is 441 g/mol. The van der Waals surface area contributed by atoms with E-state index in [2.05, 4.69) is 46.0 Å². The van der Waals surface area contributed by atoms with Crippen molar-refractivity contribution in [1.29, 1.82) is 0 Å². The first-order valence-electron chi connectivity index (χ1n) is 8.96. The van der Waals surface area contributed by atoms with Gasteiger partial charge in [-0.05, 0) is 24.8 Å². The Bertz CT molecular complexity index is 571. The molecule has 1 aromatic rings. The molecule has 24 heavy (non-hydrogen) atoms. The van der Waals surface area contributed by atoms with Crippen LogP contribution in [0.1, 0.15) is 37.7 Å². The molecule has 4 rings (SSSR count). The Kier molecular flexibility index (Phi) is 5.70. The zero-order chi connectivity index (χ0) is 15.7. The van der Waals surface area contributed by atoms with Crippen molar-refractivity contribution in [3.8, 4) is 0 Å². The average Bonchev–Trinajstić information content (AvgIpc) is 3.24. The maximum absolute atomic E-state index is 6.06. The van der Waals surface area contributed by atoms with Gasteiger partial charge in [-0.2, -0.15) is 0 Å². The van der Waals surface area contributed by atoms with E-state index in [1.165, 1.54) is 37.7 Å². The highest BCUT2D eigenvalue weighted by atomic mass is 127. The van der Waals surface area contributed by atoms with Crippen LogP contribution in [-0.4, -0.2) is 31.8 Å². The van der Waals surface area contributed by atoms with Crippen molar-refractivity contribution in [2.45, 2.75) is 50.8 Å². The van der Waals surface area contributed by atoms with Crippen LogP contribution in [0.15, 0.2) is 35.3 Å². The van der Waals surface area contributed by atoms with Gasteiger partial charge in [0, 0.05) is 37.6 Å². The summed E-state index contributed by atoms with van der Waals surface area (Å²) < 4.78 is 6.06. The molecular weight excluding hydrogens is 413 g/mol. The summed E-state index contributed by atoms with van der Waals surface area (Å²) in [4.78, 5) is 4.45. The third-order valence-corrected chi connectivity index (χ3v) is 6.10. The van der Waals surface area contributed by atoms with E-state index in [9.17, 15) is 0 Å². The van der Waals surface area contributed by atoms with Gasteiger partial charge in [0.15, 0.2) is 5.96 Å². The van der Waals surface area contributed by atoms with E-state index in [0.717, 1.165) is 19.1 Å². The van der Waals surface area contributed by atoms with Crippen LogP contribution in [0.3, 0.4) is 0 Å². The molecule has 1 saturated heterocycles. The molecule has 4 nitrogen and oxygen atoms in total. The summed E-state index contributed by atoms with van der Waals surface area (Å²) in [6.45, 7) is 1.75. The van der Waals surface area contributed by atoms with E-state index in [1.807, 2.05) is 7.05 Å². The molecule has 3 unspecified atom stereocenters. The van der Waals surface area contributed by atoms with Crippen molar-refractivity contribution in [1.82, 2.24) is 10.6 Å². The summed E-state index contributed by atoms with van der Waals surface area (Å²) in [7, 11) is 1.86. The number of nitrogens with zero attached hydrogens (tertiary/aromatic N) is 1. The Labute approximate surface area is 161 Å². The molecule has 2 N–H and O–H groups in total. The number of hydrogen-bond acceptors (Lipinski definition) is 2. The summed E-state index contributed by atoms with van der Waals surface area (Å²) >= 11 is 0. The molecule has 3 fully saturated rings. The first-order chi connectivity index (χ1) is 11.3. The number of rotatable bonds is 3. The molecule has 3 atom stereocenters. The number of hydrogen-bond donors (Lipinski definition) is 2. The predicted octanol–water partition coefficient (Wildman–Crippen LogP) is 3.32. The largest absolute Gasteiger partial charge is 0.377 e. The minimum absolute atomic E-state index is 0. The van der Waals surface area contributed by atoms with Crippen LogP contribution >= 0.6 is 24.0 Å². The van der Waals surface area contributed by atoms with E-state index in [0.29, 0.717) is 23.5 Å². The maximum Gasteiger partial charge on any atom is 0.191 e. The van der Waals surface area contributed by atoms with Gasteiger partial charge in [-0.3, -0.25) is 4.99 Å². The summed E-state index contributed by atoms with van der Waals surface area (Å²) in [6.07, 6.45) is 7.00. The molecule has 1 heterocycles. The molecule has 3 aliphatic rings. The fraction of sp³-hybridized carbons (Fsp3) is 0.632. The summed E-state index contributed by atoms with van der Waals surface area (Å²) in [6, 6.07) is 11.0. The van der Waals surface area contributed by atoms with Crippen LogP contribution in [0.2, 0.25) is 0 Å². The van der Waals surface area contributed by atoms with Crippen LogP contribution in [0.4, 0.5) is 0 Å². The number of fused-ring (bicyclic) bond motifs is 2. The number of aliphatic imine (C=N–C) groups is 1. The van der Waals surface area contributed by atoms with Gasteiger partial charge in [-0.25, -0.2) is 0 Å². The lowest BCUT2D eigenvalue weighted by Crippen LogP contribution is -2.69. The first-order valence-corrected chi connectivity index (χ1v) is 8.96. The minimum atomic E-state index is 0. The molecular formula is C19H28IN3O. The third-order valence-electron chi connectivity index (χ3n) is 6.10. The van der Waals surface area contributed by atoms with E-state index < -0.39 is 0 Å². The second-order valence-corrected chi connectivity index (χ2v) is 7.22. The molecule has 2 saturated carbocycles. The lowest BCUT2D eigenvalue weighted by Gasteiger charge is -2.57. The van der Waals surface area contributed by atoms with Crippen LogP contribution in [0.5, 0.6) is 0 Å². The van der Waals surface area contributed by atoms with Crippen LogP contribution < -0.4 is 10.6 Å². The highest BCUT2D eigenvalue weighted by Gasteiger charge is 2.65. The molecule has 1 aliphatic heterocycles. The maximum atomic E-state index is 6.06. The highest BCUT2D eigenvalue weighted by molar-refractivity contribution is 14.0. The summed E-state index contributed by atoms with van der Waals surface area (Å²) in [5, 5.41) is 7.21. The monoisotopic (exact) mass is 441 g/mol. The zero-order valence-corrected chi connectivity index (χ0v) is 16.7. The second-order valence-electron chi connectivity index (χ2n) is 7.22.